The average Bonchev–Trinajstić information content (AvgIpc) is 2.61. The Morgan fingerprint density at radius 3 is 2.95 bits per heavy atom. The number of hydrogen-bond acceptors (Lipinski definition) is 2. The van der Waals surface area contributed by atoms with Gasteiger partial charge in [-0.3, -0.25) is 4.98 Å². The lowest BCUT2D eigenvalue weighted by molar-refractivity contribution is -0.00804. The van der Waals surface area contributed by atoms with Gasteiger partial charge in [0.05, 0.1) is 17.6 Å². The first-order chi connectivity index (χ1) is 9.99. The van der Waals surface area contributed by atoms with E-state index in [2.05, 4.69) is 11.9 Å². The van der Waals surface area contributed by atoms with E-state index in [9.17, 15) is 0 Å². The van der Waals surface area contributed by atoms with Crippen LogP contribution in [0.25, 0.3) is 0 Å². The predicted molar refractivity (Wildman–Crippen MR) is 86.5 cm³/mol. The van der Waals surface area contributed by atoms with E-state index >= 15 is 0 Å². The minimum Gasteiger partial charge on any atom is -0.369 e. The Morgan fingerprint density at radius 1 is 1.38 bits per heavy atom. The Kier molecular flexibility index (Phi) is 2.88. The van der Waals surface area contributed by atoms with Gasteiger partial charge < -0.3 is 4.90 Å². The predicted octanol–water partition coefficient (Wildman–Crippen LogP) is 4.03. The van der Waals surface area contributed by atoms with Crippen LogP contribution in [-0.2, 0) is 6.42 Å². The summed E-state index contributed by atoms with van der Waals surface area (Å²) in [7, 11) is 3.93. The maximum Gasteiger partial charge on any atom is 0.102 e. The van der Waals surface area contributed by atoms with Crippen LogP contribution in [0.4, 0.5) is 5.69 Å². The third kappa shape index (κ3) is 1.86. The van der Waals surface area contributed by atoms with Gasteiger partial charge in [-0.25, -0.2) is 4.99 Å². The maximum atomic E-state index is 6.71. The molecule has 0 spiro atoms. The SMILES string of the molecule is CN(C)C=Nc1cnc2c(c1Cl)C1CC3CC(C2)C3(C)C1. The van der Waals surface area contributed by atoms with Crippen LogP contribution >= 0.6 is 11.6 Å². The van der Waals surface area contributed by atoms with Gasteiger partial charge in [-0.15, -0.1) is 0 Å². The molecule has 3 nitrogen and oxygen atoms in total. The van der Waals surface area contributed by atoms with Gasteiger partial charge in [-0.05, 0) is 54.4 Å². The molecule has 0 aromatic carbocycles. The zero-order chi connectivity index (χ0) is 14.8. The van der Waals surface area contributed by atoms with E-state index in [1.807, 2.05) is 25.2 Å². The largest absolute Gasteiger partial charge is 0.369 e. The van der Waals surface area contributed by atoms with Gasteiger partial charge >= 0.3 is 0 Å². The molecule has 1 heterocycles. The van der Waals surface area contributed by atoms with Gasteiger partial charge in [0, 0.05) is 19.8 Å². The molecular weight excluding hydrogens is 282 g/mol. The smallest absolute Gasteiger partial charge is 0.102 e. The highest BCUT2D eigenvalue weighted by Crippen LogP contribution is 2.68. The van der Waals surface area contributed by atoms with Crippen LogP contribution in [-0.4, -0.2) is 30.3 Å². The normalized spacial score (nSPS) is 36.3. The average molecular weight is 304 g/mol. The fraction of sp³-hybridized carbons (Fsp3) is 0.647. The molecule has 4 heteroatoms. The van der Waals surface area contributed by atoms with Crippen molar-refractivity contribution in [2.24, 2.45) is 22.2 Å². The molecule has 0 radical (unpaired) electrons. The molecule has 4 rings (SSSR count). The standard InChI is InChI=1S/C17H22ClN3/c1-17-7-10-4-11(17)5-12(17)6-13-15(10)16(18)14(8-19-13)20-9-21(2)3/h8-12H,4-7H2,1-3H3. The summed E-state index contributed by atoms with van der Waals surface area (Å²) in [5.74, 6) is 2.32. The molecule has 1 aromatic rings. The van der Waals surface area contributed by atoms with Crippen LogP contribution < -0.4 is 0 Å². The Hall–Kier alpha value is -1.09. The fourth-order valence-electron chi connectivity index (χ4n) is 4.86. The molecule has 4 unspecified atom stereocenters. The Morgan fingerprint density at radius 2 is 2.19 bits per heavy atom. The molecule has 4 atom stereocenters. The first-order valence-corrected chi connectivity index (χ1v) is 8.24. The summed E-state index contributed by atoms with van der Waals surface area (Å²) in [6.07, 6.45) is 8.73. The van der Waals surface area contributed by atoms with Crippen molar-refractivity contribution in [3.05, 3.63) is 22.5 Å². The zero-order valence-corrected chi connectivity index (χ0v) is 13.7. The van der Waals surface area contributed by atoms with Gasteiger partial charge in [0.1, 0.15) is 5.69 Å². The lowest BCUT2D eigenvalue weighted by atomic mass is 9.54. The van der Waals surface area contributed by atoms with Gasteiger partial charge in [-0.2, -0.15) is 0 Å². The summed E-state index contributed by atoms with van der Waals surface area (Å²) in [6, 6.07) is 0. The van der Waals surface area contributed by atoms with Crippen molar-refractivity contribution in [3.63, 3.8) is 0 Å². The van der Waals surface area contributed by atoms with Crippen LogP contribution in [0, 0.1) is 17.3 Å². The molecule has 2 bridgehead atoms. The molecule has 1 aromatic heterocycles. The van der Waals surface area contributed by atoms with Crippen molar-refractivity contribution >= 4 is 23.6 Å². The molecule has 3 aliphatic rings. The number of nitrogens with zero attached hydrogens (tertiary/aromatic N) is 3. The minimum absolute atomic E-state index is 0.543. The van der Waals surface area contributed by atoms with E-state index in [0.717, 1.165) is 29.0 Å². The van der Waals surface area contributed by atoms with Crippen molar-refractivity contribution in [2.75, 3.05) is 14.1 Å². The molecule has 0 amide bonds. The molecule has 0 saturated heterocycles. The number of pyridine rings is 1. The third-order valence-electron chi connectivity index (χ3n) is 6.08. The topological polar surface area (TPSA) is 28.5 Å². The van der Waals surface area contributed by atoms with Crippen LogP contribution in [0.1, 0.15) is 43.4 Å². The van der Waals surface area contributed by atoms with E-state index in [-0.39, 0.29) is 0 Å². The van der Waals surface area contributed by atoms with Gasteiger partial charge in [0.2, 0.25) is 0 Å². The van der Waals surface area contributed by atoms with E-state index in [1.165, 1.54) is 30.5 Å². The summed E-state index contributed by atoms with van der Waals surface area (Å²) in [5.41, 5.74) is 3.90. The maximum absolute atomic E-state index is 6.71. The molecular formula is C17H22ClN3. The quantitative estimate of drug-likeness (QED) is 0.609. The summed E-state index contributed by atoms with van der Waals surface area (Å²) in [6.45, 7) is 2.48. The van der Waals surface area contributed by atoms with Gasteiger partial charge in [-0.1, -0.05) is 18.5 Å². The van der Waals surface area contributed by atoms with Crippen molar-refractivity contribution in [1.29, 1.82) is 0 Å². The zero-order valence-electron chi connectivity index (χ0n) is 12.9. The molecule has 21 heavy (non-hydrogen) atoms. The van der Waals surface area contributed by atoms with E-state index in [0.29, 0.717) is 11.3 Å². The highest BCUT2D eigenvalue weighted by Gasteiger charge is 2.59. The van der Waals surface area contributed by atoms with Crippen molar-refractivity contribution < 1.29 is 0 Å². The van der Waals surface area contributed by atoms with Gasteiger partial charge in [0.25, 0.3) is 0 Å². The number of hydrogen-bond donors (Lipinski definition) is 0. The number of aliphatic imine (C=N–C) groups is 1. The highest BCUT2D eigenvalue weighted by molar-refractivity contribution is 6.34. The first-order valence-electron chi connectivity index (χ1n) is 7.87. The number of halogens is 1. The minimum atomic E-state index is 0.543. The fourth-order valence-corrected chi connectivity index (χ4v) is 5.22. The van der Waals surface area contributed by atoms with E-state index < -0.39 is 0 Å². The third-order valence-corrected chi connectivity index (χ3v) is 6.48. The lowest BCUT2D eigenvalue weighted by Crippen LogP contribution is -2.44. The number of rotatable bonds is 2. The van der Waals surface area contributed by atoms with Crippen molar-refractivity contribution in [2.45, 2.75) is 38.5 Å². The number of aromatic nitrogens is 1. The highest BCUT2D eigenvalue weighted by atomic mass is 35.5. The molecule has 0 N–H and O–H groups in total. The van der Waals surface area contributed by atoms with Crippen LogP contribution in [0.2, 0.25) is 5.02 Å². The van der Waals surface area contributed by atoms with Crippen molar-refractivity contribution in [3.8, 4) is 0 Å². The summed E-state index contributed by atoms with van der Waals surface area (Å²) in [4.78, 5) is 11.1. The molecule has 2 saturated carbocycles. The van der Waals surface area contributed by atoms with Crippen molar-refractivity contribution in [1.82, 2.24) is 9.88 Å². The lowest BCUT2D eigenvalue weighted by Gasteiger charge is -2.50. The summed E-state index contributed by atoms with van der Waals surface area (Å²) in [5, 5.41) is 0.841. The molecule has 3 aliphatic carbocycles. The first kappa shape index (κ1) is 13.6. The number of fused-ring (bicyclic) bond motifs is 3. The Bertz CT molecular complexity index is 625. The van der Waals surface area contributed by atoms with Crippen LogP contribution in [0.15, 0.2) is 11.2 Å². The van der Waals surface area contributed by atoms with Gasteiger partial charge in [0.15, 0.2) is 0 Å². The Labute approximate surface area is 131 Å². The molecule has 112 valence electrons. The molecule has 2 fully saturated rings. The monoisotopic (exact) mass is 303 g/mol. The summed E-state index contributed by atoms with van der Waals surface area (Å²) >= 11 is 6.71. The second-order valence-electron chi connectivity index (χ2n) is 7.50. The second kappa shape index (κ2) is 4.45. The van der Waals surface area contributed by atoms with Crippen LogP contribution in [0.5, 0.6) is 0 Å². The second-order valence-corrected chi connectivity index (χ2v) is 7.88. The van der Waals surface area contributed by atoms with Crippen LogP contribution in [0.3, 0.4) is 0 Å². The van der Waals surface area contributed by atoms with E-state index in [4.69, 9.17) is 16.6 Å². The molecule has 0 aliphatic heterocycles. The summed E-state index contributed by atoms with van der Waals surface area (Å²) < 4.78 is 0. The Balaban J connectivity index is 1.78. The van der Waals surface area contributed by atoms with E-state index in [1.54, 1.807) is 6.34 Å².